The van der Waals surface area contributed by atoms with Gasteiger partial charge in [-0.2, -0.15) is 5.26 Å². The first-order valence-electron chi connectivity index (χ1n) is 11.5. The number of methoxy groups -OCH3 is 1. The standard InChI is InChI=1S/C29H27N3O2/c1-19-17-32(18-20(2)34-19)24-13-11-23(12-14-24)27-15-28(33-3)29-25(5-4-6-26(29)31-27)22-9-7-21(16-30)8-10-22/h4-15,19-20H,17-18H2,1-3H3. The van der Waals surface area contributed by atoms with Gasteiger partial charge in [0.25, 0.3) is 0 Å². The summed E-state index contributed by atoms with van der Waals surface area (Å²) in [6, 6.07) is 26.4. The minimum absolute atomic E-state index is 0.222. The van der Waals surface area contributed by atoms with Crippen LogP contribution in [0, 0.1) is 11.3 Å². The molecule has 5 heteroatoms. The van der Waals surface area contributed by atoms with E-state index in [0.29, 0.717) is 5.56 Å². The van der Waals surface area contributed by atoms with E-state index in [2.05, 4.69) is 55.1 Å². The lowest BCUT2D eigenvalue weighted by atomic mass is 9.98. The van der Waals surface area contributed by atoms with Gasteiger partial charge in [-0.25, -0.2) is 4.98 Å². The molecule has 0 N–H and O–H groups in total. The molecule has 5 nitrogen and oxygen atoms in total. The molecule has 1 saturated heterocycles. The van der Waals surface area contributed by atoms with Gasteiger partial charge >= 0.3 is 0 Å². The van der Waals surface area contributed by atoms with Crippen LogP contribution in [-0.2, 0) is 4.74 Å². The Bertz CT molecular complexity index is 1350. The predicted octanol–water partition coefficient (Wildman–Crippen LogP) is 6.06. The molecule has 1 aliphatic heterocycles. The highest BCUT2D eigenvalue weighted by Gasteiger charge is 2.22. The third kappa shape index (κ3) is 4.21. The zero-order valence-electron chi connectivity index (χ0n) is 19.7. The predicted molar refractivity (Wildman–Crippen MR) is 136 cm³/mol. The van der Waals surface area contributed by atoms with Crippen LogP contribution in [0.15, 0.2) is 72.8 Å². The summed E-state index contributed by atoms with van der Waals surface area (Å²) in [5, 5.41) is 10.1. The Balaban J connectivity index is 1.52. The molecule has 0 saturated carbocycles. The number of anilines is 1. The number of benzene rings is 3. The van der Waals surface area contributed by atoms with Crippen molar-refractivity contribution in [3.05, 3.63) is 78.4 Å². The molecule has 0 amide bonds. The minimum atomic E-state index is 0.222. The van der Waals surface area contributed by atoms with Gasteiger partial charge in [-0.05, 0) is 55.3 Å². The smallest absolute Gasteiger partial charge is 0.131 e. The van der Waals surface area contributed by atoms with E-state index >= 15 is 0 Å². The van der Waals surface area contributed by atoms with Crippen molar-refractivity contribution in [1.82, 2.24) is 4.98 Å². The number of aromatic nitrogens is 1. The summed E-state index contributed by atoms with van der Waals surface area (Å²) in [6.45, 7) is 6.02. The molecule has 34 heavy (non-hydrogen) atoms. The number of nitriles is 1. The Kier molecular flexibility index (Phi) is 5.91. The number of hydrogen-bond acceptors (Lipinski definition) is 5. The van der Waals surface area contributed by atoms with Crippen LogP contribution in [0.2, 0.25) is 0 Å². The molecule has 0 bridgehead atoms. The average Bonchev–Trinajstić information content (AvgIpc) is 2.87. The summed E-state index contributed by atoms with van der Waals surface area (Å²) in [4.78, 5) is 7.35. The Morgan fingerprint density at radius 1 is 0.941 bits per heavy atom. The summed E-state index contributed by atoms with van der Waals surface area (Å²) >= 11 is 0. The van der Waals surface area contributed by atoms with Gasteiger partial charge in [0.05, 0.1) is 47.5 Å². The third-order valence-electron chi connectivity index (χ3n) is 6.29. The normalized spacial score (nSPS) is 18.0. The van der Waals surface area contributed by atoms with E-state index in [1.807, 2.05) is 42.5 Å². The number of pyridine rings is 1. The fourth-order valence-corrected chi connectivity index (χ4v) is 4.76. The molecule has 1 aromatic heterocycles. The van der Waals surface area contributed by atoms with Crippen LogP contribution in [0.3, 0.4) is 0 Å². The van der Waals surface area contributed by atoms with E-state index in [1.165, 1.54) is 5.69 Å². The lowest BCUT2D eigenvalue weighted by Crippen LogP contribution is -2.45. The van der Waals surface area contributed by atoms with Crippen molar-refractivity contribution in [1.29, 1.82) is 5.26 Å². The molecule has 2 unspecified atom stereocenters. The largest absolute Gasteiger partial charge is 0.496 e. The SMILES string of the molecule is COc1cc(-c2ccc(N3CC(C)OC(C)C3)cc2)nc2cccc(-c3ccc(C#N)cc3)c12. The highest BCUT2D eigenvalue weighted by molar-refractivity contribution is 6.00. The van der Waals surface area contributed by atoms with Gasteiger partial charge in [0.2, 0.25) is 0 Å². The number of nitrogens with zero attached hydrogens (tertiary/aromatic N) is 3. The molecule has 2 heterocycles. The maximum atomic E-state index is 9.12. The lowest BCUT2D eigenvalue weighted by Gasteiger charge is -2.36. The van der Waals surface area contributed by atoms with Crippen molar-refractivity contribution in [3.8, 4) is 34.2 Å². The molecule has 0 aliphatic carbocycles. The van der Waals surface area contributed by atoms with Gasteiger partial charge in [0.15, 0.2) is 0 Å². The van der Waals surface area contributed by atoms with Crippen molar-refractivity contribution in [2.75, 3.05) is 25.1 Å². The van der Waals surface area contributed by atoms with E-state index in [1.54, 1.807) is 7.11 Å². The van der Waals surface area contributed by atoms with E-state index in [0.717, 1.165) is 52.1 Å². The highest BCUT2D eigenvalue weighted by atomic mass is 16.5. The second kappa shape index (κ2) is 9.17. The Hall–Kier alpha value is -3.88. The Morgan fingerprint density at radius 2 is 1.62 bits per heavy atom. The van der Waals surface area contributed by atoms with Gasteiger partial charge in [-0.15, -0.1) is 0 Å². The number of ether oxygens (including phenoxy) is 2. The van der Waals surface area contributed by atoms with Crippen LogP contribution in [0.25, 0.3) is 33.3 Å². The van der Waals surface area contributed by atoms with Crippen molar-refractivity contribution >= 4 is 16.6 Å². The van der Waals surface area contributed by atoms with Crippen LogP contribution in [-0.4, -0.2) is 37.4 Å². The second-order valence-electron chi connectivity index (χ2n) is 8.81. The molecule has 170 valence electrons. The zero-order chi connectivity index (χ0) is 23.7. The summed E-state index contributed by atoms with van der Waals surface area (Å²) in [5.74, 6) is 0.778. The van der Waals surface area contributed by atoms with Crippen LogP contribution >= 0.6 is 0 Å². The zero-order valence-corrected chi connectivity index (χ0v) is 19.7. The monoisotopic (exact) mass is 449 g/mol. The molecule has 1 fully saturated rings. The van der Waals surface area contributed by atoms with Crippen LogP contribution in [0.4, 0.5) is 5.69 Å². The van der Waals surface area contributed by atoms with Crippen molar-refractivity contribution in [2.45, 2.75) is 26.1 Å². The number of fused-ring (bicyclic) bond motifs is 1. The molecule has 0 spiro atoms. The quantitative estimate of drug-likeness (QED) is 0.379. The van der Waals surface area contributed by atoms with Crippen LogP contribution in [0.1, 0.15) is 19.4 Å². The topological polar surface area (TPSA) is 58.4 Å². The fourth-order valence-electron chi connectivity index (χ4n) is 4.76. The van der Waals surface area contributed by atoms with Gasteiger partial charge in [-0.1, -0.05) is 36.4 Å². The fraction of sp³-hybridized carbons (Fsp3) is 0.241. The van der Waals surface area contributed by atoms with Gasteiger partial charge in [-0.3, -0.25) is 0 Å². The molecule has 3 aromatic carbocycles. The van der Waals surface area contributed by atoms with Crippen LogP contribution < -0.4 is 9.64 Å². The lowest BCUT2D eigenvalue weighted by molar-refractivity contribution is -0.00521. The Labute approximate surface area is 200 Å². The number of morpholine rings is 1. The van der Waals surface area contributed by atoms with E-state index < -0.39 is 0 Å². The van der Waals surface area contributed by atoms with Gasteiger partial charge < -0.3 is 14.4 Å². The molecule has 0 radical (unpaired) electrons. The summed E-state index contributed by atoms with van der Waals surface area (Å²) in [6.07, 6.45) is 0.445. The number of hydrogen-bond donors (Lipinski definition) is 0. The summed E-state index contributed by atoms with van der Waals surface area (Å²) < 4.78 is 11.7. The molecule has 1 aliphatic rings. The van der Waals surface area contributed by atoms with E-state index in [-0.39, 0.29) is 12.2 Å². The van der Waals surface area contributed by atoms with E-state index in [9.17, 15) is 0 Å². The molecule has 5 rings (SSSR count). The van der Waals surface area contributed by atoms with Crippen molar-refractivity contribution in [3.63, 3.8) is 0 Å². The van der Waals surface area contributed by atoms with E-state index in [4.69, 9.17) is 19.7 Å². The maximum Gasteiger partial charge on any atom is 0.131 e. The first-order valence-corrected chi connectivity index (χ1v) is 11.5. The van der Waals surface area contributed by atoms with Crippen molar-refractivity contribution in [2.24, 2.45) is 0 Å². The third-order valence-corrected chi connectivity index (χ3v) is 6.29. The molecule has 2 atom stereocenters. The summed E-state index contributed by atoms with van der Waals surface area (Å²) in [7, 11) is 1.69. The van der Waals surface area contributed by atoms with Gasteiger partial charge in [0.1, 0.15) is 5.75 Å². The molecular formula is C29H27N3O2. The first-order chi connectivity index (χ1) is 16.6. The Morgan fingerprint density at radius 3 is 2.26 bits per heavy atom. The minimum Gasteiger partial charge on any atom is -0.496 e. The summed E-state index contributed by atoms with van der Waals surface area (Å²) in [5.41, 5.74) is 6.68. The highest BCUT2D eigenvalue weighted by Crippen LogP contribution is 2.37. The molecule has 4 aromatic rings. The number of rotatable bonds is 4. The van der Waals surface area contributed by atoms with Gasteiger partial charge in [0, 0.05) is 30.4 Å². The second-order valence-corrected chi connectivity index (χ2v) is 8.81. The van der Waals surface area contributed by atoms with Crippen LogP contribution in [0.5, 0.6) is 5.75 Å². The average molecular weight is 450 g/mol. The first kappa shape index (κ1) is 21.9. The molecular weight excluding hydrogens is 422 g/mol. The van der Waals surface area contributed by atoms with Crippen molar-refractivity contribution < 1.29 is 9.47 Å². The maximum absolute atomic E-state index is 9.12.